The maximum atomic E-state index is 11.7. The van der Waals surface area contributed by atoms with E-state index in [1.165, 1.54) is 0 Å². The minimum absolute atomic E-state index is 0.131. The second kappa shape index (κ2) is 3.07. The highest BCUT2D eigenvalue weighted by atomic mass is 32.2. The summed E-state index contributed by atoms with van der Waals surface area (Å²) in [5, 5.41) is 0. The predicted molar refractivity (Wildman–Crippen MR) is 54.8 cm³/mol. The van der Waals surface area contributed by atoms with Gasteiger partial charge < -0.3 is 5.73 Å². The van der Waals surface area contributed by atoms with Crippen LogP contribution < -0.4 is 5.73 Å². The van der Waals surface area contributed by atoms with Crippen LogP contribution in [0, 0.1) is 6.92 Å². The molecule has 0 radical (unpaired) electrons. The number of sulfone groups is 1. The van der Waals surface area contributed by atoms with Crippen LogP contribution in [-0.2, 0) is 9.84 Å². The van der Waals surface area contributed by atoms with Crippen molar-refractivity contribution in [2.24, 2.45) is 5.73 Å². The molecule has 1 aromatic rings. The molecule has 76 valence electrons. The molecule has 0 fully saturated rings. The van der Waals surface area contributed by atoms with Crippen molar-refractivity contribution in [2.45, 2.75) is 24.3 Å². The smallest absolute Gasteiger partial charge is 0.178 e. The van der Waals surface area contributed by atoms with Crippen molar-refractivity contribution in [3.63, 3.8) is 0 Å². The summed E-state index contributed by atoms with van der Waals surface area (Å²) in [4.78, 5) is 0.418. The third-order valence-electron chi connectivity index (χ3n) is 2.60. The van der Waals surface area contributed by atoms with Gasteiger partial charge in [-0.05, 0) is 25.0 Å². The maximum absolute atomic E-state index is 11.7. The van der Waals surface area contributed by atoms with E-state index in [0.717, 1.165) is 11.1 Å². The van der Waals surface area contributed by atoms with E-state index in [2.05, 4.69) is 0 Å². The number of benzene rings is 1. The molecule has 1 heterocycles. The Balaban J connectivity index is 2.69. The second-order valence-electron chi connectivity index (χ2n) is 3.76. The van der Waals surface area contributed by atoms with Crippen LogP contribution in [0.1, 0.15) is 23.6 Å². The summed E-state index contributed by atoms with van der Waals surface area (Å²) in [6, 6.07) is 5.22. The zero-order valence-corrected chi connectivity index (χ0v) is 8.84. The highest BCUT2D eigenvalue weighted by Gasteiger charge is 2.27. The van der Waals surface area contributed by atoms with Gasteiger partial charge in [0.05, 0.1) is 10.6 Å². The molecule has 14 heavy (non-hydrogen) atoms. The van der Waals surface area contributed by atoms with Gasteiger partial charge in [-0.3, -0.25) is 0 Å². The fourth-order valence-electron chi connectivity index (χ4n) is 1.79. The average Bonchev–Trinajstić information content (AvgIpc) is 2.12. The number of aryl methyl sites for hydroxylation is 1. The fraction of sp³-hybridized carbons (Fsp3) is 0.400. The number of hydrogen-bond donors (Lipinski definition) is 1. The first-order chi connectivity index (χ1) is 6.50. The minimum Gasteiger partial charge on any atom is -0.324 e. The van der Waals surface area contributed by atoms with E-state index in [1.807, 2.05) is 19.1 Å². The van der Waals surface area contributed by atoms with Crippen LogP contribution in [0.5, 0.6) is 0 Å². The topological polar surface area (TPSA) is 60.2 Å². The van der Waals surface area contributed by atoms with Crippen LogP contribution in [0.25, 0.3) is 0 Å². The normalized spacial score (nSPS) is 24.3. The van der Waals surface area contributed by atoms with Gasteiger partial charge in [0, 0.05) is 6.04 Å². The Labute approximate surface area is 83.9 Å². The van der Waals surface area contributed by atoms with Crippen molar-refractivity contribution in [3.8, 4) is 0 Å². The first-order valence-electron chi connectivity index (χ1n) is 4.59. The van der Waals surface area contributed by atoms with Gasteiger partial charge in [-0.25, -0.2) is 8.42 Å². The lowest BCUT2D eigenvalue weighted by atomic mass is 10.0. The molecule has 2 rings (SSSR count). The van der Waals surface area contributed by atoms with Crippen LogP contribution >= 0.6 is 0 Å². The molecule has 4 heteroatoms. The molecule has 0 aliphatic carbocycles. The van der Waals surface area contributed by atoms with Gasteiger partial charge >= 0.3 is 0 Å². The van der Waals surface area contributed by atoms with Crippen LogP contribution in [0.15, 0.2) is 23.1 Å². The zero-order valence-electron chi connectivity index (χ0n) is 8.03. The summed E-state index contributed by atoms with van der Waals surface area (Å²) in [5.74, 6) is 0.171. The maximum Gasteiger partial charge on any atom is 0.178 e. The monoisotopic (exact) mass is 211 g/mol. The fourth-order valence-corrected chi connectivity index (χ4v) is 3.42. The Bertz CT molecular complexity index is 465. The van der Waals surface area contributed by atoms with Crippen LogP contribution in [0.2, 0.25) is 0 Å². The van der Waals surface area contributed by atoms with Crippen LogP contribution in [-0.4, -0.2) is 14.2 Å². The molecule has 0 saturated heterocycles. The van der Waals surface area contributed by atoms with Gasteiger partial charge in [0.15, 0.2) is 9.84 Å². The van der Waals surface area contributed by atoms with Crippen molar-refractivity contribution < 1.29 is 8.42 Å². The lowest BCUT2D eigenvalue weighted by molar-refractivity contribution is 0.568. The lowest BCUT2D eigenvalue weighted by Crippen LogP contribution is -2.24. The molecule has 0 unspecified atom stereocenters. The minimum atomic E-state index is -3.07. The Morgan fingerprint density at radius 1 is 1.43 bits per heavy atom. The zero-order chi connectivity index (χ0) is 10.3. The van der Waals surface area contributed by atoms with Gasteiger partial charge in [0.2, 0.25) is 0 Å². The summed E-state index contributed by atoms with van der Waals surface area (Å²) in [6.45, 7) is 1.94. The molecule has 0 amide bonds. The summed E-state index contributed by atoms with van der Waals surface area (Å²) in [7, 11) is -3.07. The number of rotatable bonds is 0. The summed E-state index contributed by atoms with van der Waals surface area (Å²) >= 11 is 0. The van der Waals surface area contributed by atoms with E-state index < -0.39 is 9.84 Å². The van der Waals surface area contributed by atoms with E-state index >= 15 is 0 Å². The molecule has 1 aliphatic heterocycles. The van der Waals surface area contributed by atoms with Crippen LogP contribution in [0.3, 0.4) is 0 Å². The molecular weight excluding hydrogens is 198 g/mol. The number of hydrogen-bond acceptors (Lipinski definition) is 3. The van der Waals surface area contributed by atoms with Crippen molar-refractivity contribution in [1.29, 1.82) is 0 Å². The average molecular weight is 211 g/mol. The van der Waals surface area contributed by atoms with Crippen LogP contribution in [0.4, 0.5) is 0 Å². The Hall–Kier alpha value is -0.870. The molecule has 0 bridgehead atoms. The molecule has 1 atom stereocenters. The van der Waals surface area contributed by atoms with Gasteiger partial charge in [-0.1, -0.05) is 17.7 Å². The summed E-state index contributed by atoms with van der Waals surface area (Å²) in [6.07, 6.45) is 0.527. The molecule has 2 N–H and O–H groups in total. The highest BCUT2D eigenvalue weighted by Crippen LogP contribution is 2.30. The van der Waals surface area contributed by atoms with Crippen molar-refractivity contribution in [3.05, 3.63) is 29.3 Å². The van der Waals surface area contributed by atoms with Gasteiger partial charge in [0.25, 0.3) is 0 Å². The molecule has 0 spiro atoms. The highest BCUT2D eigenvalue weighted by molar-refractivity contribution is 7.91. The van der Waals surface area contributed by atoms with Gasteiger partial charge in [0.1, 0.15) is 0 Å². The van der Waals surface area contributed by atoms with E-state index in [0.29, 0.717) is 11.3 Å². The molecule has 3 nitrogen and oxygen atoms in total. The SMILES string of the molecule is Cc1ccc2c(c1)[C@H](N)CCS2(=O)=O. The number of fused-ring (bicyclic) bond motifs is 1. The van der Waals surface area contributed by atoms with E-state index in [9.17, 15) is 8.42 Å². The summed E-state index contributed by atoms with van der Waals surface area (Å²) < 4.78 is 23.3. The lowest BCUT2D eigenvalue weighted by Gasteiger charge is -2.22. The third-order valence-corrected chi connectivity index (χ3v) is 4.41. The molecular formula is C10H13NO2S. The molecule has 0 aromatic heterocycles. The van der Waals surface area contributed by atoms with Crippen molar-refractivity contribution >= 4 is 9.84 Å². The predicted octanol–water partition coefficient (Wildman–Crippen LogP) is 1.17. The molecule has 1 aliphatic rings. The van der Waals surface area contributed by atoms with E-state index in [-0.39, 0.29) is 11.8 Å². The quantitative estimate of drug-likeness (QED) is 0.700. The van der Waals surface area contributed by atoms with Crippen molar-refractivity contribution in [2.75, 3.05) is 5.75 Å². The third kappa shape index (κ3) is 1.44. The van der Waals surface area contributed by atoms with E-state index in [1.54, 1.807) is 6.07 Å². The van der Waals surface area contributed by atoms with Crippen molar-refractivity contribution in [1.82, 2.24) is 0 Å². The largest absolute Gasteiger partial charge is 0.324 e. The first kappa shape index (κ1) is 9.68. The summed E-state index contributed by atoms with van der Waals surface area (Å²) in [5.41, 5.74) is 7.70. The van der Waals surface area contributed by atoms with E-state index in [4.69, 9.17) is 5.73 Å². The molecule has 1 aromatic carbocycles. The standard InChI is InChI=1S/C10H13NO2S/c1-7-2-3-10-8(6-7)9(11)4-5-14(10,12)13/h2-3,6,9H,4-5,11H2,1H3/t9-/m1/s1. The van der Waals surface area contributed by atoms with Gasteiger partial charge in [-0.15, -0.1) is 0 Å². The Kier molecular flexibility index (Phi) is 2.12. The van der Waals surface area contributed by atoms with Gasteiger partial charge in [-0.2, -0.15) is 0 Å². The first-order valence-corrected chi connectivity index (χ1v) is 6.25. The Morgan fingerprint density at radius 3 is 2.86 bits per heavy atom. The second-order valence-corrected chi connectivity index (χ2v) is 5.83. The number of nitrogens with two attached hydrogens (primary N) is 1. The molecule has 0 saturated carbocycles. The Morgan fingerprint density at radius 2 is 2.14 bits per heavy atom.